The van der Waals surface area contributed by atoms with Crippen LogP contribution in [0.4, 0.5) is 11.6 Å². The SMILES string of the molecule is CCOC(=O)C1C(C)=Nc2nc(=O)[nH]c(NNC(=O)c3ccc(OC)cc3)c2C1c1ccccc1. The van der Waals surface area contributed by atoms with E-state index in [1.807, 2.05) is 30.3 Å². The van der Waals surface area contributed by atoms with Crippen molar-refractivity contribution in [1.29, 1.82) is 0 Å². The first kappa shape index (κ1) is 23.7. The first-order valence-corrected chi connectivity index (χ1v) is 11.0. The molecule has 3 N–H and O–H groups in total. The minimum absolute atomic E-state index is 0.168. The molecule has 2 aromatic carbocycles. The number of aromatic amines is 1. The number of amides is 1. The van der Waals surface area contributed by atoms with E-state index >= 15 is 0 Å². The lowest BCUT2D eigenvalue weighted by Crippen LogP contribution is -2.37. The molecule has 10 heteroatoms. The normalized spacial score (nSPS) is 16.5. The van der Waals surface area contributed by atoms with Gasteiger partial charge in [-0.1, -0.05) is 30.3 Å². The number of benzene rings is 2. The molecule has 4 rings (SSSR count). The number of esters is 1. The number of hydrogen-bond acceptors (Lipinski definition) is 8. The number of anilines is 1. The van der Waals surface area contributed by atoms with Crippen LogP contribution in [0.15, 0.2) is 64.4 Å². The molecule has 0 aliphatic carbocycles. The molecular formula is C25H25N5O5. The van der Waals surface area contributed by atoms with Crippen molar-refractivity contribution < 1.29 is 19.1 Å². The first-order valence-electron chi connectivity index (χ1n) is 11.0. The van der Waals surface area contributed by atoms with Crippen LogP contribution in [0.25, 0.3) is 0 Å². The molecule has 1 aromatic heterocycles. The highest BCUT2D eigenvalue weighted by Crippen LogP contribution is 2.44. The van der Waals surface area contributed by atoms with E-state index in [1.54, 1.807) is 38.1 Å². The standard InChI is InChI=1S/C25H25N5O5/c1-4-35-24(32)18-14(2)26-21-20(19(18)15-8-6-5-7-9-15)22(28-25(33)27-21)29-30-23(31)16-10-12-17(34-3)13-11-16/h5-13,18-19H,4H2,1-3H3,(H,30,31)(H2,27,28,29,33). The molecule has 0 saturated heterocycles. The summed E-state index contributed by atoms with van der Waals surface area (Å²) in [5.41, 5.74) is 6.87. The average molecular weight is 476 g/mol. The summed E-state index contributed by atoms with van der Waals surface area (Å²) in [5.74, 6) is -1.21. The first-order chi connectivity index (χ1) is 16.9. The fourth-order valence-electron chi connectivity index (χ4n) is 4.09. The van der Waals surface area contributed by atoms with Gasteiger partial charge in [0, 0.05) is 22.8 Å². The van der Waals surface area contributed by atoms with Gasteiger partial charge in [-0.3, -0.25) is 25.4 Å². The number of H-pyrrole nitrogens is 1. The number of methoxy groups -OCH3 is 1. The van der Waals surface area contributed by atoms with Crippen LogP contribution in [-0.4, -0.2) is 41.3 Å². The molecule has 35 heavy (non-hydrogen) atoms. The summed E-state index contributed by atoms with van der Waals surface area (Å²) >= 11 is 0. The summed E-state index contributed by atoms with van der Waals surface area (Å²) in [4.78, 5) is 49.1. The predicted octanol–water partition coefficient (Wildman–Crippen LogP) is 2.95. The number of aliphatic imine (C=N–C) groups is 1. The van der Waals surface area contributed by atoms with Crippen molar-refractivity contribution >= 4 is 29.2 Å². The second-order valence-electron chi connectivity index (χ2n) is 7.83. The van der Waals surface area contributed by atoms with Gasteiger partial charge in [0.25, 0.3) is 5.91 Å². The smallest absolute Gasteiger partial charge is 0.348 e. The average Bonchev–Trinajstić information content (AvgIpc) is 2.86. The minimum Gasteiger partial charge on any atom is -0.497 e. The Morgan fingerprint density at radius 3 is 2.46 bits per heavy atom. The Hall–Kier alpha value is -4.47. The van der Waals surface area contributed by atoms with E-state index in [2.05, 4.69) is 25.8 Å². The van der Waals surface area contributed by atoms with Gasteiger partial charge in [0.05, 0.1) is 13.7 Å². The van der Waals surface area contributed by atoms with Crippen LogP contribution in [-0.2, 0) is 9.53 Å². The molecule has 3 aromatic rings. The van der Waals surface area contributed by atoms with Crippen LogP contribution in [0.2, 0.25) is 0 Å². The van der Waals surface area contributed by atoms with Gasteiger partial charge in [-0.05, 0) is 43.7 Å². The number of rotatable bonds is 7. The third-order valence-corrected chi connectivity index (χ3v) is 5.68. The minimum atomic E-state index is -0.740. The van der Waals surface area contributed by atoms with E-state index in [9.17, 15) is 14.4 Å². The quantitative estimate of drug-likeness (QED) is 0.353. The Labute approximate surface area is 201 Å². The van der Waals surface area contributed by atoms with Crippen molar-refractivity contribution in [2.45, 2.75) is 19.8 Å². The Kier molecular flexibility index (Phi) is 6.91. The van der Waals surface area contributed by atoms with Crippen LogP contribution in [0, 0.1) is 5.92 Å². The summed E-state index contributed by atoms with van der Waals surface area (Å²) in [6.07, 6.45) is 0. The molecule has 10 nitrogen and oxygen atoms in total. The Morgan fingerprint density at radius 1 is 1.09 bits per heavy atom. The number of nitrogens with zero attached hydrogens (tertiary/aromatic N) is 2. The van der Waals surface area contributed by atoms with Gasteiger partial charge in [0.15, 0.2) is 5.82 Å². The van der Waals surface area contributed by atoms with E-state index in [-0.39, 0.29) is 18.2 Å². The van der Waals surface area contributed by atoms with Crippen LogP contribution < -0.4 is 21.3 Å². The molecule has 0 fully saturated rings. The molecule has 0 saturated carbocycles. The zero-order chi connectivity index (χ0) is 24.9. The van der Waals surface area contributed by atoms with Crippen molar-refractivity contribution in [3.05, 3.63) is 81.8 Å². The number of carbonyl (C=O) groups excluding carboxylic acids is 2. The second-order valence-corrected chi connectivity index (χ2v) is 7.83. The number of ether oxygens (including phenoxy) is 2. The second kappa shape index (κ2) is 10.2. The topological polar surface area (TPSA) is 135 Å². The molecular weight excluding hydrogens is 450 g/mol. The third-order valence-electron chi connectivity index (χ3n) is 5.68. The fourth-order valence-corrected chi connectivity index (χ4v) is 4.09. The van der Waals surface area contributed by atoms with Crippen molar-refractivity contribution in [2.75, 3.05) is 19.1 Å². The highest BCUT2D eigenvalue weighted by molar-refractivity contribution is 6.05. The van der Waals surface area contributed by atoms with Crippen molar-refractivity contribution in [3.63, 3.8) is 0 Å². The molecule has 2 heterocycles. The lowest BCUT2D eigenvalue weighted by molar-refractivity contribution is -0.146. The van der Waals surface area contributed by atoms with Crippen molar-refractivity contribution in [1.82, 2.24) is 15.4 Å². The van der Waals surface area contributed by atoms with Gasteiger partial charge >= 0.3 is 11.7 Å². The lowest BCUT2D eigenvalue weighted by Gasteiger charge is -2.31. The zero-order valence-electron chi connectivity index (χ0n) is 19.5. The van der Waals surface area contributed by atoms with E-state index in [0.29, 0.717) is 22.6 Å². The molecule has 1 aliphatic rings. The van der Waals surface area contributed by atoms with Gasteiger partial charge in [-0.15, -0.1) is 0 Å². The molecule has 1 aliphatic heterocycles. The maximum atomic E-state index is 13.0. The molecule has 0 bridgehead atoms. The van der Waals surface area contributed by atoms with E-state index in [1.165, 1.54) is 7.11 Å². The zero-order valence-corrected chi connectivity index (χ0v) is 19.5. The van der Waals surface area contributed by atoms with Crippen LogP contribution in [0.5, 0.6) is 5.75 Å². The van der Waals surface area contributed by atoms with Crippen LogP contribution in [0.3, 0.4) is 0 Å². The molecule has 1 amide bonds. The molecule has 180 valence electrons. The van der Waals surface area contributed by atoms with Gasteiger partial charge in [0.1, 0.15) is 17.5 Å². The van der Waals surface area contributed by atoms with Crippen molar-refractivity contribution in [2.24, 2.45) is 10.9 Å². The summed E-state index contributed by atoms with van der Waals surface area (Å²) in [5, 5.41) is 0. The molecule has 2 unspecified atom stereocenters. The number of hydrazine groups is 1. The van der Waals surface area contributed by atoms with Gasteiger partial charge < -0.3 is 9.47 Å². The predicted molar refractivity (Wildman–Crippen MR) is 130 cm³/mol. The molecule has 0 spiro atoms. The summed E-state index contributed by atoms with van der Waals surface area (Å²) in [6.45, 7) is 3.66. The van der Waals surface area contributed by atoms with E-state index in [4.69, 9.17) is 9.47 Å². The summed E-state index contributed by atoms with van der Waals surface area (Å²) in [7, 11) is 1.54. The Morgan fingerprint density at radius 2 is 1.80 bits per heavy atom. The van der Waals surface area contributed by atoms with E-state index in [0.717, 1.165) is 5.56 Å². The summed E-state index contributed by atoms with van der Waals surface area (Å²) in [6, 6.07) is 15.9. The van der Waals surface area contributed by atoms with Gasteiger partial charge in [0.2, 0.25) is 0 Å². The maximum Gasteiger partial charge on any atom is 0.348 e. The number of hydrogen-bond donors (Lipinski definition) is 3. The Bertz CT molecular complexity index is 1320. The lowest BCUT2D eigenvalue weighted by atomic mass is 9.77. The van der Waals surface area contributed by atoms with Gasteiger partial charge in [-0.2, -0.15) is 4.98 Å². The fraction of sp³-hybridized carbons (Fsp3) is 0.240. The number of nitrogens with one attached hydrogen (secondary N) is 3. The number of carbonyl (C=O) groups is 2. The monoisotopic (exact) mass is 475 g/mol. The molecule has 0 radical (unpaired) electrons. The van der Waals surface area contributed by atoms with Crippen molar-refractivity contribution in [3.8, 4) is 5.75 Å². The summed E-state index contributed by atoms with van der Waals surface area (Å²) < 4.78 is 10.5. The largest absolute Gasteiger partial charge is 0.497 e. The molecule has 2 atom stereocenters. The highest BCUT2D eigenvalue weighted by Gasteiger charge is 2.41. The number of aromatic nitrogens is 2. The van der Waals surface area contributed by atoms with Crippen LogP contribution in [0.1, 0.15) is 41.3 Å². The number of fused-ring (bicyclic) bond motifs is 1. The van der Waals surface area contributed by atoms with Crippen LogP contribution >= 0.6 is 0 Å². The maximum absolute atomic E-state index is 13.0. The van der Waals surface area contributed by atoms with Gasteiger partial charge in [-0.25, -0.2) is 9.79 Å². The third kappa shape index (κ3) is 4.91. The van der Waals surface area contributed by atoms with E-state index < -0.39 is 29.4 Å². The Balaban J connectivity index is 1.75. The highest BCUT2D eigenvalue weighted by atomic mass is 16.5.